The molecule has 0 aliphatic carbocycles. The van der Waals surface area contributed by atoms with Crippen LogP contribution in [0.4, 0.5) is 4.79 Å². The summed E-state index contributed by atoms with van der Waals surface area (Å²) in [7, 11) is -0.882. The Labute approximate surface area is 84.1 Å². The molecule has 0 spiro atoms. The van der Waals surface area contributed by atoms with Crippen LogP contribution in [0.2, 0.25) is 0 Å². The Balaban J connectivity index is 2.29. The van der Waals surface area contributed by atoms with Gasteiger partial charge >= 0.3 is 0 Å². The summed E-state index contributed by atoms with van der Waals surface area (Å²) < 4.78 is 0. The number of rotatable bonds is 1. The molecule has 1 N–H and O–H groups in total. The molecule has 1 unspecified atom stereocenters. The molecule has 4 heteroatoms. The van der Waals surface area contributed by atoms with E-state index < -0.39 is 10.5 Å². The predicted molar refractivity (Wildman–Crippen MR) is 57.8 cm³/mol. The van der Waals surface area contributed by atoms with E-state index in [1.54, 1.807) is 29.6 Å². The van der Waals surface area contributed by atoms with E-state index in [2.05, 4.69) is 5.32 Å². The Morgan fingerprint density at radius 1 is 1.29 bits per heavy atom. The Hall–Kier alpha value is -1.42. The Morgan fingerprint density at radius 2 is 2.00 bits per heavy atom. The molecular formula is C10H9NO2S. The van der Waals surface area contributed by atoms with Gasteiger partial charge in [-0.3, -0.25) is 9.59 Å². The van der Waals surface area contributed by atoms with Gasteiger partial charge in [-0.05, 0) is 15.9 Å². The molecule has 1 aromatic rings. The summed E-state index contributed by atoms with van der Waals surface area (Å²) in [5, 5.41) is 4.09. The van der Waals surface area contributed by atoms with E-state index >= 15 is 0 Å². The minimum atomic E-state index is -0.882. The van der Waals surface area contributed by atoms with Crippen molar-refractivity contribution in [2.24, 2.45) is 0 Å². The van der Waals surface area contributed by atoms with Gasteiger partial charge in [0.05, 0.1) is 0 Å². The molecule has 14 heavy (non-hydrogen) atoms. The first-order chi connectivity index (χ1) is 6.79. The maximum atomic E-state index is 11.8. The summed E-state index contributed by atoms with van der Waals surface area (Å²) in [6.45, 7) is 0.501. The van der Waals surface area contributed by atoms with Crippen LogP contribution < -0.4 is 5.32 Å². The second-order valence-corrected chi connectivity index (χ2v) is 4.58. The third kappa shape index (κ3) is 1.61. The van der Waals surface area contributed by atoms with Crippen molar-refractivity contribution in [3.8, 4) is 0 Å². The van der Waals surface area contributed by atoms with Crippen LogP contribution in [0.25, 0.3) is 0 Å². The number of carbonyl (C=O) groups is 2. The lowest BCUT2D eigenvalue weighted by Gasteiger charge is -2.00. The largest absolute Gasteiger partial charge is 0.343 e. The van der Waals surface area contributed by atoms with Crippen LogP contribution in [0.15, 0.2) is 30.3 Å². The SMILES string of the molecule is O=C1NCC=S1C(=O)c1ccccc1. The number of hydrogen-bond acceptors (Lipinski definition) is 2. The Morgan fingerprint density at radius 3 is 2.57 bits per heavy atom. The lowest BCUT2D eigenvalue weighted by Crippen LogP contribution is -2.14. The molecule has 3 nitrogen and oxygen atoms in total. The van der Waals surface area contributed by atoms with Gasteiger partial charge in [0.15, 0.2) is 0 Å². The van der Waals surface area contributed by atoms with E-state index in [9.17, 15) is 9.59 Å². The average Bonchev–Trinajstić information content (AvgIpc) is 2.65. The standard InChI is InChI=1S/C10H9NO2S/c12-9(8-4-2-1-3-5-8)14-7-6-11-10(14)13/h1-5,7H,6H2,(H,11,13). The molecule has 0 bridgehead atoms. The second-order valence-electron chi connectivity index (χ2n) is 2.83. The zero-order chi connectivity index (χ0) is 9.97. The Kier molecular flexibility index (Phi) is 2.45. The molecule has 72 valence electrons. The van der Waals surface area contributed by atoms with Gasteiger partial charge in [0.25, 0.3) is 5.24 Å². The highest BCUT2D eigenvalue weighted by molar-refractivity contribution is 8.39. The summed E-state index contributed by atoms with van der Waals surface area (Å²) >= 11 is 0. The van der Waals surface area contributed by atoms with Gasteiger partial charge in [-0.25, -0.2) is 0 Å². The molecule has 1 aliphatic heterocycles. The molecule has 1 heterocycles. The minimum Gasteiger partial charge on any atom is -0.343 e. The highest BCUT2D eigenvalue weighted by Crippen LogP contribution is 2.22. The van der Waals surface area contributed by atoms with E-state index in [-0.39, 0.29) is 10.4 Å². The van der Waals surface area contributed by atoms with Crippen molar-refractivity contribution in [2.45, 2.75) is 0 Å². The zero-order valence-corrected chi connectivity index (χ0v) is 8.21. The van der Waals surface area contributed by atoms with E-state index in [0.717, 1.165) is 0 Å². The molecule has 2 rings (SSSR count). The van der Waals surface area contributed by atoms with Crippen LogP contribution in [-0.4, -0.2) is 22.3 Å². The van der Waals surface area contributed by atoms with Crippen LogP contribution >= 0.6 is 10.5 Å². The molecular weight excluding hydrogens is 198 g/mol. The summed E-state index contributed by atoms with van der Waals surface area (Å²) in [5.41, 5.74) is 0.601. The van der Waals surface area contributed by atoms with Crippen LogP contribution in [0.3, 0.4) is 0 Å². The van der Waals surface area contributed by atoms with Crippen LogP contribution in [0.5, 0.6) is 0 Å². The van der Waals surface area contributed by atoms with E-state index in [1.165, 1.54) is 0 Å². The van der Waals surface area contributed by atoms with Crippen molar-refractivity contribution < 1.29 is 9.59 Å². The zero-order valence-electron chi connectivity index (χ0n) is 7.40. The molecule has 0 saturated heterocycles. The van der Waals surface area contributed by atoms with E-state index in [4.69, 9.17) is 0 Å². The number of nitrogens with one attached hydrogen (secondary N) is 1. The van der Waals surface area contributed by atoms with Crippen molar-refractivity contribution in [1.82, 2.24) is 5.32 Å². The molecule has 1 atom stereocenters. The van der Waals surface area contributed by atoms with E-state index in [0.29, 0.717) is 12.1 Å². The maximum absolute atomic E-state index is 11.8. The van der Waals surface area contributed by atoms with Crippen LogP contribution in [0, 0.1) is 0 Å². The smallest absolute Gasteiger partial charge is 0.280 e. The van der Waals surface area contributed by atoms with Crippen molar-refractivity contribution in [1.29, 1.82) is 0 Å². The Bertz CT molecular complexity index is 411. The first-order valence-corrected chi connectivity index (χ1v) is 5.51. The fourth-order valence-corrected chi connectivity index (χ4v) is 2.57. The number of amides is 1. The number of benzene rings is 1. The minimum absolute atomic E-state index is 0.0967. The highest BCUT2D eigenvalue weighted by atomic mass is 32.2. The molecule has 0 saturated carbocycles. The topological polar surface area (TPSA) is 46.2 Å². The van der Waals surface area contributed by atoms with Crippen molar-refractivity contribution >= 4 is 26.2 Å². The second kappa shape index (κ2) is 3.75. The molecule has 1 amide bonds. The average molecular weight is 207 g/mol. The lowest BCUT2D eigenvalue weighted by molar-refractivity contribution is 0.108. The third-order valence-electron chi connectivity index (χ3n) is 1.91. The number of hydrogen-bond donors (Lipinski definition) is 1. The van der Waals surface area contributed by atoms with Gasteiger partial charge in [0.2, 0.25) is 5.12 Å². The molecule has 0 fully saturated rings. The van der Waals surface area contributed by atoms with Gasteiger partial charge in [-0.15, -0.1) is 0 Å². The van der Waals surface area contributed by atoms with Crippen LogP contribution in [0.1, 0.15) is 10.4 Å². The number of carbonyl (C=O) groups excluding carboxylic acids is 2. The first-order valence-electron chi connectivity index (χ1n) is 4.22. The van der Waals surface area contributed by atoms with Gasteiger partial charge in [-0.1, -0.05) is 30.3 Å². The molecule has 1 aromatic carbocycles. The monoisotopic (exact) mass is 207 g/mol. The quantitative estimate of drug-likeness (QED) is 0.711. The maximum Gasteiger partial charge on any atom is 0.280 e. The summed E-state index contributed by atoms with van der Waals surface area (Å²) in [4.78, 5) is 23.0. The van der Waals surface area contributed by atoms with Gasteiger partial charge in [0.1, 0.15) is 0 Å². The van der Waals surface area contributed by atoms with Crippen molar-refractivity contribution in [3.63, 3.8) is 0 Å². The van der Waals surface area contributed by atoms with E-state index in [1.807, 2.05) is 6.07 Å². The highest BCUT2D eigenvalue weighted by Gasteiger charge is 2.20. The molecule has 0 radical (unpaired) electrons. The molecule has 1 aliphatic rings. The van der Waals surface area contributed by atoms with Gasteiger partial charge in [-0.2, -0.15) is 0 Å². The third-order valence-corrected chi connectivity index (χ3v) is 3.58. The summed E-state index contributed by atoms with van der Waals surface area (Å²) in [5.74, 6) is 0. The predicted octanol–water partition coefficient (Wildman–Crippen LogP) is 1.62. The normalized spacial score (nSPS) is 20.0. The lowest BCUT2D eigenvalue weighted by atomic mass is 10.2. The van der Waals surface area contributed by atoms with Gasteiger partial charge < -0.3 is 5.32 Å². The van der Waals surface area contributed by atoms with Crippen LogP contribution in [-0.2, 0) is 0 Å². The summed E-state index contributed by atoms with van der Waals surface area (Å²) in [6, 6.07) is 8.90. The van der Waals surface area contributed by atoms with Gasteiger partial charge in [0, 0.05) is 12.1 Å². The van der Waals surface area contributed by atoms with Crippen molar-refractivity contribution in [3.05, 3.63) is 35.9 Å². The van der Waals surface area contributed by atoms with Crippen molar-refractivity contribution in [2.75, 3.05) is 6.54 Å². The first kappa shape index (κ1) is 9.15. The molecule has 0 aromatic heterocycles. The summed E-state index contributed by atoms with van der Waals surface area (Å²) in [6.07, 6.45) is 0. The fraction of sp³-hybridized carbons (Fsp3) is 0.100. The fourth-order valence-electron chi connectivity index (χ4n) is 1.22.